The van der Waals surface area contributed by atoms with E-state index >= 15 is 0 Å². The van der Waals surface area contributed by atoms with Crippen molar-refractivity contribution in [2.45, 2.75) is 59.5 Å². The third kappa shape index (κ3) is 4.09. The van der Waals surface area contributed by atoms with E-state index in [2.05, 4.69) is 33.8 Å². The minimum atomic E-state index is -0.157. The summed E-state index contributed by atoms with van der Waals surface area (Å²) in [6, 6.07) is 7.81. The molecule has 0 heterocycles. The van der Waals surface area contributed by atoms with Crippen LogP contribution in [0, 0.1) is 17.8 Å². The predicted octanol–water partition coefficient (Wildman–Crippen LogP) is 4.87. The lowest BCUT2D eigenvalue weighted by Gasteiger charge is -2.36. The normalized spacial score (nSPS) is 25.9. The Labute approximate surface area is 128 Å². The van der Waals surface area contributed by atoms with Crippen molar-refractivity contribution in [3.8, 4) is 0 Å². The van der Waals surface area contributed by atoms with Gasteiger partial charge in [-0.15, -0.1) is 0 Å². The topological polar surface area (TPSA) is 26.3 Å². The van der Waals surface area contributed by atoms with Gasteiger partial charge < -0.3 is 4.74 Å². The van der Waals surface area contributed by atoms with Gasteiger partial charge in [-0.3, -0.25) is 0 Å². The number of esters is 1. The van der Waals surface area contributed by atoms with E-state index in [0.717, 1.165) is 12.8 Å². The molecule has 2 heteroatoms. The third-order valence-corrected chi connectivity index (χ3v) is 4.79. The Balaban J connectivity index is 2.08. The largest absolute Gasteiger partial charge is 0.458 e. The van der Waals surface area contributed by atoms with Crippen LogP contribution in [0.25, 0.3) is 0 Å². The molecule has 2 nitrogen and oxygen atoms in total. The lowest BCUT2D eigenvalue weighted by atomic mass is 9.75. The van der Waals surface area contributed by atoms with Crippen molar-refractivity contribution in [3.63, 3.8) is 0 Å². The van der Waals surface area contributed by atoms with Gasteiger partial charge in [-0.25, -0.2) is 4.79 Å². The second kappa shape index (κ2) is 7.11. The Hall–Kier alpha value is -1.31. The molecule has 3 atom stereocenters. The van der Waals surface area contributed by atoms with Crippen molar-refractivity contribution in [1.29, 1.82) is 0 Å². The zero-order valence-corrected chi connectivity index (χ0v) is 13.8. The molecule has 0 saturated heterocycles. The van der Waals surface area contributed by atoms with Gasteiger partial charge in [0.15, 0.2) is 0 Å². The molecule has 1 aliphatic carbocycles. The van der Waals surface area contributed by atoms with Crippen LogP contribution in [0.15, 0.2) is 24.3 Å². The van der Waals surface area contributed by atoms with Gasteiger partial charge in [0.25, 0.3) is 0 Å². The predicted molar refractivity (Wildman–Crippen MR) is 86.4 cm³/mol. The molecule has 116 valence electrons. The number of carbonyl (C=O) groups excluding carboxylic acids is 1. The molecule has 1 fully saturated rings. The Morgan fingerprint density at radius 1 is 1.33 bits per heavy atom. The first-order valence-electron chi connectivity index (χ1n) is 8.31. The van der Waals surface area contributed by atoms with Crippen molar-refractivity contribution >= 4 is 5.97 Å². The summed E-state index contributed by atoms with van der Waals surface area (Å²) in [7, 11) is 0. The maximum Gasteiger partial charge on any atom is 0.338 e. The first-order chi connectivity index (χ1) is 10.0. The summed E-state index contributed by atoms with van der Waals surface area (Å²) in [6.45, 7) is 8.83. The highest BCUT2D eigenvalue weighted by atomic mass is 16.5. The van der Waals surface area contributed by atoms with Gasteiger partial charge in [0.2, 0.25) is 0 Å². The molecule has 1 aliphatic rings. The summed E-state index contributed by atoms with van der Waals surface area (Å²) in [5, 5.41) is 0. The Morgan fingerprint density at radius 3 is 2.76 bits per heavy atom. The van der Waals surface area contributed by atoms with Crippen LogP contribution in [-0.2, 0) is 11.2 Å². The van der Waals surface area contributed by atoms with Gasteiger partial charge >= 0.3 is 5.97 Å². The molecule has 1 saturated carbocycles. The van der Waals surface area contributed by atoms with Crippen LogP contribution in [0.3, 0.4) is 0 Å². The highest BCUT2D eigenvalue weighted by Gasteiger charge is 2.33. The van der Waals surface area contributed by atoms with E-state index in [1.165, 1.54) is 18.4 Å². The maximum absolute atomic E-state index is 12.4. The number of hydrogen-bond donors (Lipinski definition) is 0. The zero-order chi connectivity index (χ0) is 15.4. The molecule has 0 radical (unpaired) electrons. The zero-order valence-electron chi connectivity index (χ0n) is 13.8. The number of carbonyl (C=O) groups is 1. The van der Waals surface area contributed by atoms with Crippen LogP contribution >= 0.6 is 0 Å². The van der Waals surface area contributed by atoms with Gasteiger partial charge in [-0.2, -0.15) is 0 Å². The number of benzene rings is 1. The fourth-order valence-corrected chi connectivity index (χ4v) is 3.37. The number of rotatable bonds is 4. The molecule has 0 N–H and O–H groups in total. The molecule has 1 aromatic carbocycles. The summed E-state index contributed by atoms with van der Waals surface area (Å²) >= 11 is 0. The molecule has 1 aromatic rings. The van der Waals surface area contributed by atoms with Crippen LogP contribution in [-0.4, -0.2) is 12.1 Å². The van der Waals surface area contributed by atoms with Crippen molar-refractivity contribution in [3.05, 3.63) is 35.4 Å². The molecule has 0 unspecified atom stereocenters. The van der Waals surface area contributed by atoms with Crippen LogP contribution in [0.1, 0.15) is 62.9 Å². The van der Waals surface area contributed by atoms with E-state index in [1.54, 1.807) is 0 Å². The molecule has 0 amide bonds. The van der Waals surface area contributed by atoms with Gasteiger partial charge in [0, 0.05) is 0 Å². The lowest BCUT2D eigenvalue weighted by molar-refractivity contribution is -0.0174. The summed E-state index contributed by atoms with van der Waals surface area (Å²) < 4.78 is 5.88. The average molecular weight is 288 g/mol. The minimum absolute atomic E-state index is 0.0755. The standard InChI is InChI=1S/C19H28O2/c1-5-15-7-6-8-16(12-15)19(20)21-18-11-14(4)9-10-17(18)13(2)3/h6-8,12-14,17-18H,5,9-11H2,1-4H3/t14-,17+,18-/m1/s1. The van der Waals surface area contributed by atoms with Crippen LogP contribution in [0.5, 0.6) is 0 Å². The maximum atomic E-state index is 12.4. The smallest absolute Gasteiger partial charge is 0.338 e. The Morgan fingerprint density at radius 2 is 2.10 bits per heavy atom. The van der Waals surface area contributed by atoms with Crippen LogP contribution in [0.4, 0.5) is 0 Å². The molecule has 2 rings (SSSR count). The van der Waals surface area contributed by atoms with Crippen molar-refractivity contribution in [2.24, 2.45) is 17.8 Å². The van der Waals surface area contributed by atoms with E-state index in [1.807, 2.05) is 18.2 Å². The van der Waals surface area contributed by atoms with E-state index in [9.17, 15) is 4.79 Å². The second-order valence-corrected chi connectivity index (χ2v) is 6.82. The SMILES string of the molecule is CCc1cccc(C(=O)O[C@@H]2C[C@H](C)CC[C@H]2C(C)C)c1. The van der Waals surface area contributed by atoms with Crippen LogP contribution in [0.2, 0.25) is 0 Å². The monoisotopic (exact) mass is 288 g/mol. The second-order valence-electron chi connectivity index (χ2n) is 6.82. The van der Waals surface area contributed by atoms with Gasteiger partial charge in [-0.1, -0.05) is 46.2 Å². The van der Waals surface area contributed by atoms with E-state index < -0.39 is 0 Å². The van der Waals surface area contributed by atoms with Crippen molar-refractivity contribution in [1.82, 2.24) is 0 Å². The summed E-state index contributed by atoms with van der Waals surface area (Å²) in [6.07, 6.45) is 4.44. The number of ether oxygens (including phenoxy) is 1. The molecular formula is C19H28O2. The van der Waals surface area contributed by atoms with E-state index in [-0.39, 0.29) is 12.1 Å². The Bertz CT molecular complexity index is 478. The highest BCUT2D eigenvalue weighted by molar-refractivity contribution is 5.89. The average Bonchev–Trinajstić information content (AvgIpc) is 2.47. The summed E-state index contributed by atoms with van der Waals surface area (Å²) in [5.41, 5.74) is 1.87. The molecule has 0 bridgehead atoms. The molecule has 0 spiro atoms. The van der Waals surface area contributed by atoms with Crippen molar-refractivity contribution < 1.29 is 9.53 Å². The number of hydrogen-bond acceptors (Lipinski definition) is 2. The van der Waals surface area contributed by atoms with Gasteiger partial charge in [-0.05, 0) is 54.7 Å². The molecular weight excluding hydrogens is 260 g/mol. The quantitative estimate of drug-likeness (QED) is 0.739. The van der Waals surface area contributed by atoms with E-state index in [4.69, 9.17) is 4.74 Å². The van der Waals surface area contributed by atoms with Gasteiger partial charge in [0.1, 0.15) is 6.10 Å². The fraction of sp³-hybridized carbons (Fsp3) is 0.632. The molecule has 0 aromatic heterocycles. The van der Waals surface area contributed by atoms with Gasteiger partial charge in [0.05, 0.1) is 5.56 Å². The fourth-order valence-electron chi connectivity index (χ4n) is 3.37. The summed E-state index contributed by atoms with van der Waals surface area (Å²) in [4.78, 5) is 12.4. The summed E-state index contributed by atoms with van der Waals surface area (Å²) in [5.74, 6) is 1.56. The van der Waals surface area contributed by atoms with Crippen molar-refractivity contribution in [2.75, 3.05) is 0 Å². The minimum Gasteiger partial charge on any atom is -0.458 e. The Kier molecular flexibility index (Phi) is 5.44. The van der Waals surface area contributed by atoms with E-state index in [0.29, 0.717) is 23.3 Å². The lowest BCUT2D eigenvalue weighted by Crippen LogP contribution is -2.35. The first-order valence-corrected chi connectivity index (χ1v) is 8.31. The first kappa shape index (κ1) is 16.1. The molecule has 0 aliphatic heterocycles. The highest BCUT2D eigenvalue weighted by Crippen LogP contribution is 2.35. The number of aryl methyl sites for hydroxylation is 1. The van der Waals surface area contributed by atoms with Crippen LogP contribution < -0.4 is 0 Å². The third-order valence-electron chi connectivity index (χ3n) is 4.79. The molecule has 21 heavy (non-hydrogen) atoms.